The third-order valence-corrected chi connectivity index (χ3v) is 7.70. The van der Waals surface area contributed by atoms with Crippen LogP contribution in [0.1, 0.15) is 77.6 Å². The Bertz CT molecular complexity index is 544. The maximum atomic E-state index is 12.4. The van der Waals surface area contributed by atoms with Gasteiger partial charge in [0.1, 0.15) is 0 Å². The second-order valence-corrected chi connectivity index (χ2v) is 9.41. The molecule has 2 amide bonds. The first-order valence-corrected chi connectivity index (χ1v) is 11.4. The van der Waals surface area contributed by atoms with Crippen LogP contribution < -0.4 is 5.32 Å². The fraction of sp³-hybridized carbons (Fsp3) is 0.909. The number of nitrogens with one attached hydrogen (secondary N) is 1. The van der Waals surface area contributed by atoms with Gasteiger partial charge in [0.2, 0.25) is 11.8 Å². The zero-order valence-corrected chi connectivity index (χ0v) is 17.0. The molecule has 0 bridgehead atoms. The first-order valence-electron chi connectivity index (χ1n) is 11.4. The summed E-state index contributed by atoms with van der Waals surface area (Å²) < 4.78 is 0. The minimum atomic E-state index is 0.216. The topological polar surface area (TPSA) is 52.7 Å². The van der Waals surface area contributed by atoms with E-state index in [0.717, 1.165) is 32.2 Å². The summed E-state index contributed by atoms with van der Waals surface area (Å²) in [5.41, 5.74) is 0. The van der Waals surface area contributed by atoms with E-state index in [1.54, 1.807) is 6.92 Å². The molecular weight excluding hydrogens is 338 g/mol. The largest absolute Gasteiger partial charge is 0.353 e. The lowest BCUT2D eigenvalue weighted by Crippen LogP contribution is -2.65. The average Bonchev–Trinajstić information content (AvgIpc) is 3.16. The van der Waals surface area contributed by atoms with Gasteiger partial charge in [-0.1, -0.05) is 12.8 Å². The lowest BCUT2D eigenvalue weighted by atomic mass is 9.69. The van der Waals surface area contributed by atoms with Gasteiger partial charge in [0.25, 0.3) is 0 Å². The van der Waals surface area contributed by atoms with E-state index in [1.807, 2.05) is 0 Å². The number of amides is 2. The molecule has 4 rings (SSSR count). The number of likely N-dealkylation sites (tertiary alicyclic amines) is 1. The molecule has 5 heteroatoms. The maximum Gasteiger partial charge on any atom is 0.220 e. The smallest absolute Gasteiger partial charge is 0.220 e. The molecule has 0 spiro atoms. The molecule has 152 valence electrons. The van der Waals surface area contributed by atoms with E-state index in [2.05, 4.69) is 15.1 Å². The molecule has 0 aromatic heterocycles. The van der Waals surface area contributed by atoms with Crippen molar-refractivity contribution in [3.8, 4) is 0 Å². The van der Waals surface area contributed by atoms with E-state index in [-0.39, 0.29) is 11.8 Å². The van der Waals surface area contributed by atoms with Gasteiger partial charge in [0.05, 0.1) is 0 Å². The first-order chi connectivity index (χ1) is 13.1. The van der Waals surface area contributed by atoms with Crippen molar-refractivity contribution >= 4 is 11.8 Å². The van der Waals surface area contributed by atoms with E-state index in [1.165, 1.54) is 51.6 Å². The monoisotopic (exact) mass is 375 g/mol. The summed E-state index contributed by atoms with van der Waals surface area (Å²) in [6, 6.07) is 1.43. The molecule has 3 aliphatic heterocycles. The minimum Gasteiger partial charge on any atom is -0.353 e. The third-order valence-electron chi connectivity index (χ3n) is 7.70. The summed E-state index contributed by atoms with van der Waals surface area (Å²) in [5.74, 6) is 1.72. The Hall–Kier alpha value is -1.10. The Morgan fingerprint density at radius 1 is 1.00 bits per heavy atom. The highest BCUT2D eigenvalue weighted by Crippen LogP contribution is 2.43. The summed E-state index contributed by atoms with van der Waals surface area (Å²) in [6.07, 6.45) is 12.4. The van der Waals surface area contributed by atoms with Crippen LogP contribution in [0, 0.1) is 11.8 Å². The van der Waals surface area contributed by atoms with Crippen LogP contribution in [0.3, 0.4) is 0 Å². The molecule has 3 saturated heterocycles. The summed E-state index contributed by atoms with van der Waals surface area (Å²) in [5, 5.41) is 3.21. The first kappa shape index (κ1) is 19.2. The molecule has 4 fully saturated rings. The van der Waals surface area contributed by atoms with Crippen LogP contribution in [0.5, 0.6) is 0 Å². The number of piperidine rings is 3. The number of nitrogens with zero attached hydrogens (tertiary/aromatic N) is 2. The van der Waals surface area contributed by atoms with Crippen LogP contribution in [0.2, 0.25) is 0 Å². The van der Waals surface area contributed by atoms with Crippen LogP contribution in [0.15, 0.2) is 0 Å². The predicted molar refractivity (Wildman–Crippen MR) is 106 cm³/mol. The molecule has 27 heavy (non-hydrogen) atoms. The third kappa shape index (κ3) is 4.18. The average molecular weight is 376 g/mol. The van der Waals surface area contributed by atoms with Crippen LogP contribution in [-0.4, -0.2) is 59.4 Å². The molecule has 0 unspecified atom stereocenters. The van der Waals surface area contributed by atoms with Crippen LogP contribution in [-0.2, 0) is 9.59 Å². The lowest BCUT2D eigenvalue weighted by Gasteiger charge is -2.57. The van der Waals surface area contributed by atoms with Crippen LogP contribution in [0.4, 0.5) is 0 Å². The fourth-order valence-electron chi connectivity index (χ4n) is 6.57. The van der Waals surface area contributed by atoms with Crippen molar-refractivity contribution in [1.82, 2.24) is 15.1 Å². The Kier molecular flexibility index (Phi) is 6.05. The Balaban J connectivity index is 1.36. The van der Waals surface area contributed by atoms with Gasteiger partial charge < -0.3 is 10.2 Å². The highest BCUT2D eigenvalue weighted by molar-refractivity contribution is 5.76. The molecule has 1 saturated carbocycles. The fourth-order valence-corrected chi connectivity index (χ4v) is 6.57. The Morgan fingerprint density at radius 3 is 2.48 bits per heavy atom. The molecule has 4 aliphatic rings. The number of hydrogen-bond donors (Lipinski definition) is 1. The van der Waals surface area contributed by atoms with E-state index in [0.29, 0.717) is 36.4 Å². The Labute approximate surface area is 164 Å². The highest BCUT2D eigenvalue weighted by Gasteiger charge is 2.48. The van der Waals surface area contributed by atoms with Crippen molar-refractivity contribution in [2.75, 3.05) is 19.6 Å². The van der Waals surface area contributed by atoms with Gasteiger partial charge in [0, 0.05) is 38.0 Å². The van der Waals surface area contributed by atoms with Crippen molar-refractivity contribution in [2.24, 2.45) is 11.8 Å². The zero-order valence-electron chi connectivity index (χ0n) is 17.0. The number of carbonyl (C=O) groups is 2. The number of hydrogen-bond acceptors (Lipinski definition) is 3. The van der Waals surface area contributed by atoms with Crippen LogP contribution in [0.25, 0.3) is 0 Å². The number of rotatable bonds is 5. The predicted octanol–water partition coefficient (Wildman–Crippen LogP) is 2.94. The van der Waals surface area contributed by atoms with Gasteiger partial charge in [0.15, 0.2) is 0 Å². The van der Waals surface area contributed by atoms with Gasteiger partial charge in [-0.05, 0) is 76.3 Å². The summed E-state index contributed by atoms with van der Waals surface area (Å²) >= 11 is 0. The molecule has 4 atom stereocenters. The SMILES string of the molecule is CC(=O)N1C[C@@H]2CCCN3CCC[C@@H]([C@H]23)[C@H]1CCCC(=O)NC1CCCC1. The molecule has 3 heterocycles. The van der Waals surface area contributed by atoms with E-state index < -0.39 is 0 Å². The minimum absolute atomic E-state index is 0.216. The summed E-state index contributed by atoms with van der Waals surface area (Å²) in [6.45, 7) is 5.16. The van der Waals surface area contributed by atoms with Gasteiger partial charge in [-0.3, -0.25) is 14.5 Å². The van der Waals surface area contributed by atoms with Gasteiger partial charge in [-0.25, -0.2) is 0 Å². The van der Waals surface area contributed by atoms with Crippen LogP contribution >= 0.6 is 0 Å². The number of carbonyl (C=O) groups excluding carboxylic acids is 2. The van der Waals surface area contributed by atoms with Gasteiger partial charge in [-0.15, -0.1) is 0 Å². The standard InChI is InChI=1S/C22H37N3O2/c1-16(26)25-15-17-7-5-13-24-14-6-10-19(22(17)24)20(25)11-4-12-21(27)23-18-8-2-3-9-18/h17-20,22H,2-15H2,1H3,(H,23,27)/t17-,19+,20+,22-/m0/s1. The lowest BCUT2D eigenvalue weighted by molar-refractivity contribution is -0.144. The molecule has 0 aromatic rings. The normalized spacial score (nSPS) is 34.3. The summed E-state index contributed by atoms with van der Waals surface area (Å²) in [7, 11) is 0. The van der Waals surface area contributed by atoms with E-state index in [4.69, 9.17) is 0 Å². The van der Waals surface area contributed by atoms with Crippen molar-refractivity contribution in [3.63, 3.8) is 0 Å². The van der Waals surface area contributed by atoms with Gasteiger partial charge in [-0.2, -0.15) is 0 Å². The summed E-state index contributed by atoms with van der Waals surface area (Å²) in [4.78, 5) is 29.6. The zero-order chi connectivity index (χ0) is 18.8. The molecule has 5 nitrogen and oxygen atoms in total. The molecule has 1 aliphatic carbocycles. The van der Waals surface area contributed by atoms with Gasteiger partial charge >= 0.3 is 0 Å². The molecule has 0 aromatic carbocycles. The van der Waals surface area contributed by atoms with E-state index >= 15 is 0 Å². The molecule has 0 radical (unpaired) electrons. The Morgan fingerprint density at radius 2 is 1.74 bits per heavy atom. The van der Waals surface area contributed by atoms with E-state index in [9.17, 15) is 9.59 Å². The molecule has 1 N–H and O–H groups in total. The van der Waals surface area contributed by atoms with Crippen molar-refractivity contribution in [2.45, 2.75) is 95.7 Å². The molecular formula is C22H37N3O2. The highest BCUT2D eigenvalue weighted by atomic mass is 16.2. The van der Waals surface area contributed by atoms with Crippen molar-refractivity contribution in [3.05, 3.63) is 0 Å². The van der Waals surface area contributed by atoms with Crippen molar-refractivity contribution in [1.29, 1.82) is 0 Å². The van der Waals surface area contributed by atoms with Crippen molar-refractivity contribution < 1.29 is 9.59 Å². The maximum absolute atomic E-state index is 12.4. The second-order valence-electron chi connectivity index (χ2n) is 9.41. The quantitative estimate of drug-likeness (QED) is 0.804. The second kappa shape index (κ2) is 8.50.